The first-order valence-electron chi connectivity index (χ1n) is 8.08. The molecule has 0 N–H and O–H groups in total. The first kappa shape index (κ1) is 17.9. The van der Waals surface area contributed by atoms with E-state index in [-0.39, 0.29) is 12.3 Å². The predicted octanol–water partition coefficient (Wildman–Crippen LogP) is 4.09. The molecule has 0 atom stereocenters. The van der Waals surface area contributed by atoms with Gasteiger partial charge in [-0.05, 0) is 37.9 Å². The third-order valence-electron chi connectivity index (χ3n) is 3.88. The molecule has 0 fully saturated rings. The standard InChI is InChI=1S/C19H20ClN3OS/c1-22(2)11-12-23(18(24)13-14-7-3-4-8-15(14)20)19-21-16-9-5-6-10-17(16)25-19/h3-10H,11-13H2,1-2H3. The number of hydrogen-bond acceptors (Lipinski definition) is 4. The Bertz CT molecular complexity index is 845. The molecule has 0 aliphatic carbocycles. The van der Waals surface area contributed by atoms with Crippen molar-refractivity contribution in [1.29, 1.82) is 0 Å². The van der Waals surface area contributed by atoms with E-state index in [0.29, 0.717) is 11.6 Å². The Balaban J connectivity index is 1.88. The second kappa shape index (κ2) is 7.95. The average Bonchev–Trinajstić information content (AvgIpc) is 3.00. The van der Waals surface area contributed by atoms with Crippen LogP contribution in [0, 0.1) is 0 Å². The lowest BCUT2D eigenvalue weighted by Crippen LogP contribution is -2.37. The molecule has 1 heterocycles. The minimum atomic E-state index is 0.00834. The van der Waals surface area contributed by atoms with Crippen molar-refractivity contribution in [3.05, 3.63) is 59.1 Å². The van der Waals surface area contributed by atoms with Gasteiger partial charge < -0.3 is 4.90 Å². The van der Waals surface area contributed by atoms with E-state index < -0.39 is 0 Å². The molecular formula is C19H20ClN3OS. The number of likely N-dealkylation sites (N-methyl/N-ethyl adjacent to an activating group) is 1. The van der Waals surface area contributed by atoms with Gasteiger partial charge >= 0.3 is 0 Å². The second-order valence-corrected chi connectivity index (χ2v) is 7.50. The largest absolute Gasteiger partial charge is 0.308 e. The molecule has 130 valence electrons. The van der Waals surface area contributed by atoms with Gasteiger partial charge in [-0.15, -0.1) is 0 Å². The van der Waals surface area contributed by atoms with E-state index in [1.165, 1.54) is 0 Å². The summed E-state index contributed by atoms with van der Waals surface area (Å²) in [5.74, 6) is 0.00834. The van der Waals surface area contributed by atoms with E-state index in [2.05, 4.69) is 9.88 Å². The summed E-state index contributed by atoms with van der Waals surface area (Å²) in [5.41, 5.74) is 1.76. The summed E-state index contributed by atoms with van der Waals surface area (Å²) >= 11 is 7.76. The highest BCUT2D eigenvalue weighted by atomic mass is 35.5. The topological polar surface area (TPSA) is 36.4 Å². The van der Waals surface area contributed by atoms with Crippen LogP contribution in [0.15, 0.2) is 48.5 Å². The smallest absolute Gasteiger partial charge is 0.233 e. The van der Waals surface area contributed by atoms with Gasteiger partial charge in [0.05, 0.1) is 16.6 Å². The highest BCUT2D eigenvalue weighted by molar-refractivity contribution is 7.22. The lowest BCUT2D eigenvalue weighted by Gasteiger charge is -2.22. The first-order valence-corrected chi connectivity index (χ1v) is 9.28. The Hall–Kier alpha value is -1.95. The fourth-order valence-corrected chi connectivity index (χ4v) is 3.71. The monoisotopic (exact) mass is 373 g/mol. The molecule has 0 saturated carbocycles. The molecule has 0 unspecified atom stereocenters. The predicted molar refractivity (Wildman–Crippen MR) is 106 cm³/mol. The lowest BCUT2D eigenvalue weighted by atomic mass is 10.1. The molecule has 0 aliphatic rings. The number of nitrogens with zero attached hydrogens (tertiary/aromatic N) is 3. The van der Waals surface area contributed by atoms with Gasteiger partial charge in [0.25, 0.3) is 0 Å². The SMILES string of the molecule is CN(C)CCN(C(=O)Cc1ccccc1Cl)c1nc2ccccc2s1. The number of hydrogen-bond donors (Lipinski definition) is 0. The van der Waals surface area contributed by atoms with Crippen LogP contribution in [-0.2, 0) is 11.2 Å². The zero-order chi connectivity index (χ0) is 17.8. The summed E-state index contributed by atoms with van der Waals surface area (Å²) in [5, 5.41) is 1.35. The molecular weight excluding hydrogens is 354 g/mol. The zero-order valence-electron chi connectivity index (χ0n) is 14.3. The van der Waals surface area contributed by atoms with Crippen molar-refractivity contribution < 1.29 is 4.79 Å². The van der Waals surface area contributed by atoms with E-state index in [9.17, 15) is 4.79 Å². The van der Waals surface area contributed by atoms with Crippen molar-refractivity contribution in [2.75, 3.05) is 32.1 Å². The number of carbonyl (C=O) groups excluding carboxylic acids is 1. The maximum Gasteiger partial charge on any atom is 0.233 e. The molecule has 1 aromatic heterocycles. The number of aromatic nitrogens is 1. The summed E-state index contributed by atoms with van der Waals surface area (Å²) in [6, 6.07) is 15.4. The number of carbonyl (C=O) groups is 1. The number of benzene rings is 2. The summed E-state index contributed by atoms with van der Waals surface area (Å²) < 4.78 is 1.08. The second-order valence-electron chi connectivity index (χ2n) is 6.08. The Morgan fingerprint density at radius 3 is 2.52 bits per heavy atom. The van der Waals surface area contributed by atoms with Crippen molar-refractivity contribution >= 4 is 44.2 Å². The molecule has 2 aromatic carbocycles. The molecule has 0 radical (unpaired) electrons. The number of halogens is 1. The van der Waals surface area contributed by atoms with E-state index in [1.54, 1.807) is 16.2 Å². The van der Waals surface area contributed by atoms with Crippen LogP contribution in [0.1, 0.15) is 5.56 Å². The lowest BCUT2D eigenvalue weighted by molar-refractivity contribution is -0.118. The van der Waals surface area contributed by atoms with Crippen molar-refractivity contribution in [2.45, 2.75) is 6.42 Å². The van der Waals surface area contributed by atoms with Crippen molar-refractivity contribution in [1.82, 2.24) is 9.88 Å². The molecule has 25 heavy (non-hydrogen) atoms. The fourth-order valence-electron chi connectivity index (χ4n) is 2.50. The maximum absolute atomic E-state index is 13.0. The summed E-state index contributed by atoms with van der Waals surface area (Å²) in [4.78, 5) is 21.4. The summed E-state index contributed by atoms with van der Waals surface area (Å²) in [6.07, 6.45) is 0.267. The first-order chi connectivity index (χ1) is 12.0. The Morgan fingerprint density at radius 1 is 1.08 bits per heavy atom. The van der Waals surface area contributed by atoms with E-state index in [1.807, 2.05) is 62.6 Å². The molecule has 0 saturated heterocycles. The normalized spacial score (nSPS) is 11.2. The third-order valence-corrected chi connectivity index (χ3v) is 5.31. The van der Waals surface area contributed by atoms with Gasteiger partial charge in [-0.25, -0.2) is 4.98 Å². The Kier molecular flexibility index (Phi) is 5.68. The van der Waals surface area contributed by atoms with Gasteiger partial charge in [-0.3, -0.25) is 9.69 Å². The van der Waals surface area contributed by atoms with Gasteiger partial charge in [0.15, 0.2) is 5.13 Å². The minimum absolute atomic E-state index is 0.00834. The van der Waals surface area contributed by atoms with Gasteiger partial charge in [0.1, 0.15) is 0 Å². The van der Waals surface area contributed by atoms with Crippen LogP contribution in [0.2, 0.25) is 5.02 Å². The molecule has 4 nitrogen and oxygen atoms in total. The van der Waals surface area contributed by atoms with Gasteiger partial charge in [-0.2, -0.15) is 0 Å². The number of amides is 1. The zero-order valence-corrected chi connectivity index (χ0v) is 15.8. The molecule has 0 spiro atoms. The van der Waals surface area contributed by atoms with Crippen LogP contribution < -0.4 is 4.90 Å². The van der Waals surface area contributed by atoms with Crippen LogP contribution >= 0.6 is 22.9 Å². The molecule has 0 bridgehead atoms. The highest BCUT2D eigenvalue weighted by Gasteiger charge is 2.20. The number of para-hydroxylation sites is 1. The summed E-state index contributed by atoms with van der Waals surface area (Å²) in [7, 11) is 3.99. The number of rotatable bonds is 6. The highest BCUT2D eigenvalue weighted by Crippen LogP contribution is 2.29. The van der Waals surface area contributed by atoms with Crippen molar-refractivity contribution in [3.63, 3.8) is 0 Å². The van der Waals surface area contributed by atoms with E-state index in [0.717, 1.165) is 27.5 Å². The molecule has 3 aromatic rings. The number of fused-ring (bicyclic) bond motifs is 1. The van der Waals surface area contributed by atoms with Gasteiger partial charge in [-0.1, -0.05) is 53.3 Å². The minimum Gasteiger partial charge on any atom is -0.308 e. The molecule has 6 heteroatoms. The van der Waals surface area contributed by atoms with Crippen LogP contribution in [0.25, 0.3) is 10.2 Å². The third kappa shape index (κ3) is 4.37. The van der Waals surface area contributed by atoms with Gasteiger partial charge in [0.2, 0.25) is 5.91 Å². The Morgan fingerprint density at radius 2 is 1.80 bits per heavy atom. The van der Waals surface area contributed by atoms with Crippen molar-refractivity contribution in [2.24, 2.45) is 0 Å². The summed E-state index contributed by atoms with van der Waals surface area (Å²) in [6.45, 7) is 1.36. The van der Waals surface area contributed by atoms with E-state index in [4.69, 9.17) is 11.6 Å². The molecule has 1 amide bonds. The van der Waals surface area contributed by atoms with E-state index >= 15 is 0 Å². The quantitative estimate of drug-likeness (QED) is 0.653. The van der Waals surface area contributed by atoms with Crippen LogP contribution in [-0.4, -0.2) is 43.0 Å². The van der Waals surface area contributed by atoms with Crippen molar-refractivity contribution in [3.8, 4) is 0 Å². The number of anilines is 1. The van der Waals surface area contributed by atoms with Crippen LogP contribution in [0.4, 0.5) is 5.13 Å². The molecule has 3 rings (SSSR count). The number of thiazole rings is 1. The fraction of sp³-hybridized carbons (Fsp3) is 0.263. The molecule has 0 aliphatic heterocycles. The average molecular weight is 374 g/mol. The van der Waals surface area contributed by atoms with Gasteiger partial charge in [0, 0.05) is 18.1 Å². The van der Waals surface area contributed by atoms with Crippen LogP contribution in [0.3, 0.4) is 0 Å². The maximum atomic E-state index is 13.0. The Labute approximate surface area is 156 Å². The van der Waals surface area contributed by atoms with Crippen LogP contribution in [0.5, 0.6) is 0 Å².